The molecule has 2 unspecified atom stereocenters. The van der Waals surface area contributed by atoms with E-state index in [0.29, 0.717) is 24.5 Å². The van der Waals surface area contributed by atoms with Gasteiger partial charge in [-0.1, -0.05) is 6.07 Å². The summed E-state index contributed by atoms with van der Waals surface area (Å²) in [5.74, 6) is 1.25. The van der Waals surface area contributed by atoms with E-state index in [1.54, 1.807) is 13.2 Å². The average Bonchev–Trinajstić information content (AvgIpc) is 3.09. The van der Waals surface area contributed by atoms with Crippen LogP contribution in [-0.4, -0.2) is 27.4 Å². The number of benzene rings is 1. The van der Waals surface area contributed by atoms with Gasteiger partial charge in [-0.25, -0.2) is 8.42 Å². The number of hydrogen-bond donors (Lipinski definition) is 0. The van der Waals surface area contributed by atoms with Gasteiger partial charge in [0.1, 0.15) is 0 Å². The first-order valence-corrected chi connectivity index (χ1v) is 8.08. The summed E-state index contributed by atoms with van der Waals surface area (Å²) < 4.78 is 33.1. The van der Waals surface area contributed by atoms with Gasteiger partial charge in [-0.3, -0.25) is 0 Å². The van der Waals surface area contributed by atoms with E-state index in [2.05, 4.69) is 0 Å². The monoisotopic (exact) mass is 290 g/mol. The minimum absolute atomic E-state index is 0.0300. The van der Waals surface area contributed by atoms with Gasteiger partial charge in [-0.05, 0) is 31.0 Å². The van der Waals surface area contributed by atoms with E-state index in [1.807, 2.05) is 19.1 Å². The molecule has 18 heavy (non-hydrogen) atoms. The molecule has 100 valence electrons. The van der Waals surface area contributed by atoms with Crippen molar-refractivity contribution in [3.63, 3.8) is 0 Å². The molecule has 0 saturated heterocycles. The highest BCUT2D eigenvalue weighted by Crippen LogP contribution is 2.48. The lowest BCUT2D eigenvalue weighted by Gasteiger charge is -2.10. The highest BCUT2D eigenvalue weighted by molar-refractivity contribution is 8.14. The predicted molar refractivity (Wildman–Crippen MR) is 70.1 cm³/mol. The van der Waals surface area contributed by atoms with Crippen molar-refractivity contribution in [1.29, 1.82) is 0 Å². The van der Waals surface area contributed by atoms with Crippen molar-refractivity contribution >= 4 is 19.7 Å². The molecule has 1 fully saturated rings. The molecule has 0 aromatic heterocycles. The molecule has 0 aliphatic heterocycles. The Morgan fingerprint density at radius 2 is 2.11 bits per heavy atom. The summed E-state index contributed by atoms with van der Waals surface area (Å²) in [4.78, 5) is 0. The molecular formula is C12H15ClO4S. The van der Waals surface area contributed by atoms with Gasteiger partial charge in [0, 0.05) is 16.6 Å². The first-order valence-electron chi connectivity index (χ1n) is 5.71. The molecule has 0 heterocycles. The van der Waals surface area contributed by atoms with E-state index < -0.39 is 14.3 Å². The van der Waals surface area contributed by atoms with Crippen LogP contribution in [0, 0.1) is 0 Å². The Balaban J connectivity index is 2.24. The van der Waals surface area contributed by atoms with Crippen LogP contribution in [0.15, 0.2) is 18.2 Å². The van der Waals surface area contributed by atoms with Gasteiger partial charge in [0.25, 0.3) is 0 Å². The fraction of sp³-hybridized carbons (Fsp3) is 0.500. The Bertz CT molecular complexity index is 541. The molecule has 0 N–H and O–H groups in total. The van der Waals surface area contributed by atoms with Gasteiger partial charge in [-0.2, -0.15) is 0 Å². The van der Waals surface area contributed by atoms with Crippen LogP contribution in [0.25, 0.3) is 0 Å². The number of rotatable bonds is 5. The molecule has 0 amide bonds. The van der Waals surface area contributed by atoms with Gasteiger partial charge < -0.3 is 9.47 Å². The van der Waals surface area contributed by atoms with Gasteiger partial charge in [-0.15, -0.1) is 0 Å². The highest BCUT2D eigenvalue weighted by Gasteiger charge is 2.47. The van der Waals surface area contributed by atoms with Gasteiger partial charge in [0.15, 0.2) is 11.5 Å². The molecule has 4 nitrogen and oxygen atoms in total. The van der Waals surface area contributed by atoms with E-state index >= 15 is 0 Å². The average molecular weight is 291 g/mol. The van der Waals surface area contributed by atoms with Crippen LogP contribution in [0.5, 0.6) is 11.5 Å². The second-order valence-corrected chi connectivity index (χ2v) is 7.05. The third-order valence-corrected chi connectivity index (χ3v) is 4.94. The Labute approximate surface area is 111 Å². The molecule has 2 atom stereocenters. The molecule has 1 aliphatic carbocycles. The maximum atomic E-state index is 11.2. The van der Waals surface area contributed by atoms with E-state index in [-0.39, 0.29) is 5.92 Å². The lowest BCUT2D eigenvalue weighted by Crippen LogP contribution is -2.00. The number of ether oxygens (including phenoxy) is 2. The first-order chi connectivity index (χ1) is 8.47. The summed E-state index contributed by atoms with van der Waals surface area (Å²) in [6, 6.07) is 5.47. The van der Waals surface area contributed by atoms with Crippen LogP contribution >= 0.6 is 10.7 Å². The summed E-state index contributed by atoms with van der Waals surface area (Å²) in [7, 11) is 3.45. The van der Waals surface area contributed by atoms with Crippen molar-refractivity contribution in [2.24, 2.45) is 0 Å². The van der Waals surface area contributed by atoms with Gasteiger partial charge >= 0.3 is 0 Å². The minimum Gasteiger partial charge on any atom is -0.493 e. The van der Waals surface area contributed by atoms with Crippen molar-refractivity contribution in [3.8, 4) is 11.5 Å². The third-order valence-electron chi connectivity index (χ3n) is 3.01. The maximum absolute atomic E-state index is 11.2. The van der Waals surface area contributed by atoms with Crippen molar-refractivity contribution in [2.45, 2.75) is 24.5 Å². The summed E-state index contributed by atoms with van der Waals surface area (Å²) >= 11 is 0. The fourth-order valence-electron chi connectivity index (χ4n) is 2.03. The Kier molecular flexibility index (Phi) is 3.73. The number of halogens is 1. The smallest absolute Gasteiger partial charge is 0.236 e. The molecular weight excluding hydrogens is 276 g/mol. The third kappa shape index (κ3) is 2.72. The summed E-state index contributed by atoms with van der Waals surface area (Å²) in [6.45, 7) is 2.41. The summed E-state index contributed by atoms with van der Waals surface area (Å²) in [5.41, 5.74) is 0.925. The summed E-state index contributed by atoms with van der Waals surface area (Å²) in [5, 5.41) is -0.470. The molecule has 1 saturated carbocycles. The Hall–Kier alpha value is -0.940. The fourth-order valence-corrected chi connectivity index (χ4v) is 3.60. The van der Waals surface area contributed by atoms with Crippen molar-refractivity contribution < 1.29 is 17.9 Å². The summed E-state index contributed by atoms with van der Waals surface area (Å²) in [6.07, 6.45) is 0.573. The molecule has 1 aliphatic rings. The zero-order valence-corrected chi connectivity index (χ0v) is 11.8. The zero-order chi connectivity index (χ0) is 13.3. The lowest BCUT2D eigenvalue weighted by atomic mass is 10.1. The molecule has 1 aromatic rings. The van der Waals surface area contributed by atoms with E-state index in [9.17, 15) is 8.42 Å². The quantitative estimate of drug-likeness (QED) is 0.782. The van der Waals surface area contributed by atoms with Gasteiger partial charge in [0.05, 0.1) is 19.0 Å². The van der Waals surface area contributed by atoms with Crippen molar-refractivity contribution in [3.05, 3.63) is 23.8 Å². The normalized spacial score (nSPS) is 22.6. The molecule has 0 radical (unpaired) electrons. The highest BCUT2D eigenvalue weighted by atomic mass is 35.7. The Morgan fingerprint density at radius 3 is 2.61 bits per heavy atom. The van der Waals surface area contributed by atoms with Crippen LogP contribution in [0.4, 0.5) is 0 Å². The predicted octanol–water partition coefficient (Wildman–Crippen LogP) is 2.52. The molecule has 0 spiro atoms. The first kappa shape index (κ1) is 13.5. The molecule has 6 heteroatoms. The lowest BCUT2D eigenvalue weighted by molar-refractivity contribution is 0.310. The zero-order valence-electron chi connectivity index (χ0n) is 10.2. The maximum Gasteiger partial charge on any atom is 0.236 e. The van der Waals surface area contributed by atoms with Gasteiger partial charge in [0.2, 0.25) is 9.05 Å². The topological polar surface area (TPSA) is 52.6 Å². The van der Waals surface area contributed by atoms with Crippen LogP contribution in [0.3, 0.4) is 0 Å². The van der Waals surface area contributed by atoms with Crippen LogP contribution in [0.2, 0.25) is 0 Å². The molecule has 0 bridgehead atoms. The van der Waals surface area contributed by atoms with Crippen LogP contribution < -0.4 is 9.47 Å². The van der Waals surface area contributed by atoms with Crippen molar-refractivity contribution in [1.82, 2.24) is 0 Å². The van der Waals surface area contributed by atoms with E-state index in [1.165, 1.54) is 0 Å². The van der Waals surface area contributed by atoms with E-state index in [4.69, 9.17) is 20.2 Å². The number of hydrogen-bond acceptors (Lipinski definition) is 4. The molecule has 2 rings (SSSR count). The number of methoxy groups -OCH3 is 1. The Morgan fingerprint density at radius 1 is 1.39 bits per heavy atom. The second kappa shape index (κ2) is 4.97. The second-order valence-electron chi connectivity index (χ2n) is 4.20. The van der Waals surface area contributed by atoms with Crippen LogP contribution in [0.1, 0.15) is 24.8 Å². The SMILES string of the molecule is CCOc1cc(C2CC2S(=O)(=O)Cl)ccc1OC. The van der Waals surface area contributed by atoms with E-state index in [0.717, 1.165) is 5.56 Å². The minimum atomic E-state index is -3.47. The molecule has 1 aromatic carbocycles. The van der Waals surface area contributed by atoms with Crippen molar-refractivity contribution in [2.75, 3.05) is 13.7 Å². The standard InChI is InChI=1S/C12H15ClO4S/c1-3-17-11-6-8(4-5-10(11)16-2)9-7-12(9)18(13,14)15/h4-6,9,12H,3,7H2,1-2H3. The largest absolute Gasteiger partial charge is 0.493 e. The van der Waals surface area contributed by atoms with Crippen LogP contribution in [-0.2, 0) is 9.05 Å².